The van der Waals surface area contributed by atoms with Crippen molar-refractivity contribution in [3.63, 3.8) is 0 Å². The fourth-order valence-electron chi connectivity index (χ4n) is 3.57. The van der Waals surface area contributed by atoms with E-state index < -0.39 is 0 Å². The first-order valence-corrected chi connectivity index (χ1v) is 10.6. The third-order valence-corrected chi connectivity index (χ3v) is 5.49. The molecule has 4 rings (SSSR count). The Kier molecular flexibility index (Phi) is 14.6. The zero-order valence-electron chi connectivity index (χ0n) is 19.4. The van der Waals surface area contributed by atoms with Gasteiger partial charge in [0.1, 0.15) is 27.2 Å². The van der Waals surface area contributed by atoms with Crippen LogP contribution in [0.15, 0.2) is 98.1 Å². The number of unbranched alkanes of at least 4 members (excludes halogenated alkanes) is 1. The molecule has 0 amide bonds. The summed E-state index contributed by atoms with van der Waals surface area (Å²) in [5.74, 6) is 0. The van der Waals surface area contributed by atoms with Gasteiger partial charge in [0.15, 0.2) is 49.6 Å². The van der Waals surface area contributed by atoms with Crippen LogP contribution in [0, 0.1) is 0 Å². The van der Waals surface area contributed by atoms with Crippen LogP contribution in [-0.2, 0) is 27.2 Å². The predicted octanol–water partition coefficient (Wildman–Crippen LogP) is -9.26. The highest BCUT2D eigenvalue weighted by atomic mass is 35.5. The van der Waals surface area contributed by atoms with Gasteiger partial charge in [0.2, 0.25) is 0 Å². The second kappa shape index (κ2) is 15.6. The van der Waals surface area contributed by atoms with Crippen molar-refractivity contribution >= 4 is 0 Å². The lowest BCUT2D eigenvalue weighted by Gasteiger charge is -2.02. The molecule has 4 aromatic heterocycles. The number of aryl methyl sites for hydroxylation is 4. The fourth-order valence-corrected chi connectivity index (χ4v) is 3.57. The average molecular weight is 540 g/mol. The molecule has 0 aliphatic heterocycles. The van der Waals surface area contributed by atoms with E-state index in [1.165, 1.54) is 22.3 Å². The third kappa shape index (κ3) is 8.84. The highest BCUT2D eigenvalue weighted by Gasteiger charge is 2.07. The molecule has 0 aromatic carbocycles. The number of rotatable bonds is 7. The van der Waals surface area contributed by atoms with Gasteiger partial charge in [0.25, 0.3) is 0 Å². The van der Waals surface area contributed by atoms with Crippen molar-refractivity contribution in [2.24, 2.45) is 14.1 Å². The van der Waals surface area contributed by atoms with Gasteiger partial charge in [-0.2, -0.15) is 0 Å². The first-order chi connectivity index (χ1) is 14.7. The van der Waals surface area contributed by atoms with E-state index in [1.54, 1.807) is 0 Å². The largest absolute Gasteiger partial charge is 1.00 e. The molecular formula is C26H30Cl4N4. The minimum Gasteiger partial charge on any atom is -1.00 e. The van der Waals surface area contributed by atoms with E-state index >= 15 is 0 Å². The Morgan fingerprint density at radius 1 is 0.412 bits per heavy atom. The standard InChI is InChI=1S/C26H30N4.4ClH/c1-27-15-5-23(6-16-27)25-9-19-29(20-10-25)13-3-4-14-30-21-11-26(12-22-30)24-7-17-28(2)18-8-24;;;;/h5-12,15-22H,3-4,13-14H2,1-2H3;4*1H/q+4;;;;/p-4. The van der Waals surface area contributed by atoms with Crippen molar-refractivity contribution in [3.8, 4) is 22.3 Å². The molecule has 0 atom stereocenters. The summed E-state index contributed by atoms with van der Waals surface area (Å²) in [6.07, 6.45) is 19.4. The monoisotopic (exact) mass is 538 g/mol. The first kappa shape index (κ1) is 31.8. The SMILES string of the molecule is C[n+]1ccc(-c2cc[n+](CCCC[n+]3ccc(-c4cc[n+](C)cc4)cc3)cc2)cc1.[Cl-].[Cl-].[Cl-].[Cl-]. The zero-order chi connectivity index (χ0) is 20.8. The van der Waals surface area contributed by atoms with Crippen LogP contribution in [0.3, 0.4) is 0 Å². The molecule has 0 aliphatic carbocycles. The fraction of sp³-hybridized carbons (Fsp3) is 0.231. The second-order valence-corrected chi connectivity index (χ2v) is 7.86. The van der Waals surface area contributed by atoms with Gasteiger partial charge in [-0.25, -0.2) is 18.3 Å². The maximum atomic E-state index is 2.27. The Labute approximate surface area is 227 Å². The molecule has 34 heavy (non-hydrogen) atoms. The lowest BCUT2D eigenvalue weighted by atomic mass is 10.1. The number of hydrogen-bond donors (Lipinski definition) is 0. The molecular weight excluding hydrogens is 510 g/mol. The summed E-state index contributed by atoms with van der Waals surface area (Å²) in [7, 11) is 4.08. The summed E-state index contributed by atoms with van der Waals surface area (Å²) >= 11 is 0. The van der Waals surface area contributed by atoms with Crippen LogP contribution in [0.25, 0.3) is 22.3 Å². The Morgan fingerprint density at radius 2 is 0.647 bits per heavy atom. The molecule has 182 valence electrons. The molecule has 0 bridgehead atoms. The molecule has 0 N–H and O–H groups in total. The van der Waals surface area contributed by atoms with Crippen molar-refractivity contribution < 1.29 is 67.9 Å². The van der Waals surface area contributed by atoms with Gasteiger partial charge in [-0.05, 0) is 22.3 Å². The number of hydrogen-bond acceptors (Lipinski definition) is 0. The number of pyridine rings is 4. The van der Waals surface area contributed by atoms with E-state index in [-0.39, 0.29) is 49.6 Å². The highest BCUT2D eigenvalue weighted by Crippen LogP contribution is 2.16. The lowest BCUT2D eigenvalue weighted by Crippen LogP contribution is -3.00. The molecule has 0 aliphatic rings. The first-order valence-electron chi connectivity index (χ1n) is 10.6. The molecule has 8 heteroatoms. The lowest BCUT2D eigenvalue weighted by molar-refractivity contribution is -0.708. The number of aromatic nitrogens is 4. The summed E-state index contributed by atoms with van der Waals surface area (Å²) in [5, 5.41) is 0. The van der Waals surface area contributed by atoms with Crippen molar-refractivity contribution in [2.45, 2.75) is 25.9 Å². The van der Waals surface area contributed by atoms with Crippen molar-refractivity contribution in [1.29, 1.82) is 0 Å². The molecule has 4 aromatic rings. The Morgan fingerprint density at radius 3 is 0.912 bits per heavy atom. The molecule has 0 fully saturated rings. The normalized spacial score (nSPS) is 9.59. The van der Waals surface area contributed by atoms with E-state index in [0.29, 0.717) is 0 Å². The molecule has 0 radical (unpaired) electrons. The summed E-state index contributed by atoms with van der Waals surface area (Å²) in [6, 6.07) is 17.4. The van der Waals surface area contributed by atoms with E-state index in [4.69, 9.17) is 0 Å². The molecule has 0 saturated heterocycles. The number of nitrogens with zero attached hydrogens (tertiary/aromatic N) is 4. The van der Waals surface area contributed by atoms with Crippen LogP contribution in [0.5, 0.6) is 0 Å². The minimum atomic E-state index is 0. The molecule has 0 spiro atoms. The van der Waals surface area contributed by atoms with Crippen molar-refractivity contribution in [2.75, 3.05) is 0 Å². The quantitative estimate of drug-likeness (QED) is 0.164. The summed E-state index contributed by atoms with van der Waals surface area (Å²) < 4.78 is 8.66. The summed E-state index contributed by atoms with van der Waals surface area (Å²) in [4.78, 5) is 0. The van der Waals surface area contributed by atoms with Gasteiger partial charge in [0.05, 0.1) is 0 Å². The van der Waals surface area contributed by atoms with E-state index in [2.05, 4.69) is 116 Å². The maximum Gasteiger partial charge on any atom is 0.169 e. The van der Waals surface area contributed by atoms with Crippen molar-refractivity contribution in [3.05, 3.63) is 98.1 Å². The van der Waals surface area contributed by atoms with Gasteiger partial charge in [-0.3, -0.25) is 0 Å². The van der Waals surface area contributed by atoms with Gasteiger partial charge >= 0.3 is 0 Å². The van der Waals surface area contributed by atoms with Gasteiger partial charge in [-0.1, -0.05) is 0 Å². The van der Waals surface area contributed by atoms with Crippen molar-refractivity contribution in [1.82, 2.24) is 0 Å². The molecule has 4 nitrogen and oxygen atoms in total. The molecule has 0 unspecified atom stereocenters. The predicted molar refractivity (Wildman–Crippen MR) is 116 cm³/mol. The van der Waals surface area contributed by atoms with E-state index in [9.17, 15) is 0 Å². The minimum absolute atomic E-state index is 0. The zero-order valence-corrected chi connectivity index (χ0v) is 22.4. The van der Waals surface area contributed by atoms with Gasteiger partial charge < -0.3 is 49.6 Å². The second-order valence-electron chi connectivity index (χ2n) is 7.86. The van der Waals surface area contributed by atoms with E-state index in [0.717, 1.165) is 25.9 Å². The van der Waals surface area contributed by atoms with E-state index in [1.807, 2.05) is 14.1 Å². The highest BCUT2D eigenvalue weighted by molar-refractivity contribution is 5.61. The third-order valence-electron chi connectivity index (χ3n) is 5.49. The van der Waals surface area contributed by atoms with Gasteiger partial charge in [0, 0.05) is 61.4 Å². The Hall–Kier alpha value is -2.24. The average Bonchev–Trinajstić information content (AvgIpc) is 2.79. The Balaban J connectivity index is 0.00000272. The maximum absolute atomic E-state index is 2.27. The Bertz CT molecular complexity index is 995. The van der Waals surface area contributed by atoms with Crippen LogP contribution in [-0.4, -0.2) is 0 Å². The smallest absolute Gasteiger partial charge is 0.169 e. The topological polar surface area (TPSA) is 15.5 Å². The van der Waals surface area contributed by atoms with Crippen LogP contribution in [0.2, 0.25) is 0 Å². The van der Waals surface area contributed by atoms with Crippen LogP contribution < -0.4 is 67.9 Å². The summed E-state index contributed by atoms with van der Waals surface area (Å²) in [5.41, 5.74) is 5.03. The van der Waals surface area contributed by atoms with Crippen LogP contribution >= 0.6 is 0 Å². The number of halogens is 4. The summed E-state index contributed by atoms with van der Waals surface area (Å²) in [6.45, 7) is 2.09. The van der Waals surface area contributed by atoms with Gasteiger partial charge in [-0.15, -0.1) is 0 Å². The van der Waals surface area contributed by atoms with Crippen LogP contribution in [0.1, 0.15) is 12.8 Å². The molecule has 0 saturated carbocycles. The van der Waals surface area contributed by atoms with Crippen LogP contribution in [0.4, 0.5) is 0 Å². The molecule has 4 heterocycles.